The molecule has 0 radical (unpaired) electrons. The van der Waals surface area contributed by atoms with Crippen molar-refractivity contribution < 1.29 is 4.79 Å². The zero-order valence-corrected chi connectivity index (χ0v) is 12.1. The lowest BCUT2D eigenvalue weighted by Gasteiger charge is -2.22. The van der Waals surface area contributed by atoms with Gasteiger partial charge in [-0.2, -0.15) is 5.10 Å². The van der Waals surface area contributed by atoms with E-state index in [1.54, 1.807) is 12.1 Å². The number of hydrogen-bond donors (Lipinski definition) is 1. The number of hydrazone groups is 1. The molecule has 19 heavy (non-hydrogen) atoms. The number of benzene rings is 1. The van der Waals surface area contributed by atoms with Crippen LogP contribution in [0, 0.1) is 0 Å². The minimum atomic E-state index is -0.273. The number of carbonyl (C=O) groups is 1. The smallest absolute Gasteiger partial charge is 0.271 e. The molecule has 1 aromatic carbocycles. The van der Waals surface area contributed by atoms with E-state index < -0.39 is 0 Å². The lowest BCUT2D eigenvalue weighted by molar-refractivity contribution is 0.0954. The standard InChI is InChI=1S/C13H15Cl2N3O/c1-18-6-4-10(5-7-18)16-17-13(19)9-2-3-11(14)12(15)8-9/h2-3,8H,4-7H2,1H3,(H,17,19). The summed E-state index contributed by atoms with van der Waals surface area (Å²) in [5, 5.41) is 4.95. The molecule has 0 saturated carbocycles. The van der Waals surface area contributed by atoms with E-state index in [1.165, 1.54) is 6.07 Å². The molecule has 1 N–H and O–H groups in total. The normalized spacial score (nSPS) is 16.3. The van der Waals surface area contributed by atoms with Crippen molar-refractivity contribution in [2.24, 2.45) is 5.10 Å². The van der Waals surface area contributed by atoms with Gasteiger partial charge in [0.1, 0.15) is 0 Å². The van der Waals surface area contributed by atoms with Gasteiger partial charge in [-0.25, -0.2) is 5.43 Å². The molecule has 1 aliphatic heterocycles. The first-order chi connectivity index (χ1) is 9.06. The van der Waals surface area contributed by atoms with Crippen LogP contribution in [0.5, 0.6) is 0 Å². The highest BCUT2D eigenvalue weighted by Gasteiger charge is 2.12. The highest BCUT2D eigenvalue weighted by Crippen LogP contribution is 2.22. The fourth-order valence-corrected chi connectivity index (χ4v) is 2.12. The number of halogens is 2. The van der Waals surface area contributed by atoms with Crippen LogP contribution >= 0.6 is 23.2 Å². The van der Waals surface area contributed by atoms with Crippen molar-refractivity contribution in [1.29, 1.82) is 0 Å². The molecule has 0 aromatic heterocycles. The second kappa shape index (κ2) is 6.37. The molecule has 1 amide bonds. The second-order valence-electron chi connectivity index (χ2n) is 4.55. The van der Waals surface area contributed by atoms with Crippen LogP contribution in [0.3, 0.4) is 0 Å². The maximum atomic E-state index is 11.9. The van der Waals surface area contributed by atoms with Gasteiger partial charge in [-0.15, -0.1) is 0 Å². The van der Waals surface area contributed by atoms with E-state index in [4.69, 9.17) is 23.2 Å². The molecule has 4 nitrogen and oxygen atoms in total. The molecule has 0 atom stereocenters. The van der Waals surface area contributed by atoms with Gasteiger partial charge in [0.15, 0.2) is 0 Å². The number of hydrogen-bond acceptors (Lipinski definition) is 3. The predicted molar refractivity (Wildman–Crippen MR) is 78.1 cm³/mol. The summed E-state index contributed by atoms with van der Waals surface area (Å²) in [5.74, 6) is -0.273. The van der Waals surface area contributed by atoms with Gasteiger partial charge in [0, 0.05) is 37.2 Å². The quantitative estimate of drug-likeness (QED) is 0.854. The summed E-state index contributed by atoms with van der Waals surface area (Å²) in [7, 11) is 2.07. The van der Waals surface area contributed by atoms with Crippen molar-refractivity contribution in [3.05, 3.63) is 33.8 Å². The highest BCUT2D eigenvalue weighted by atomic mass is 35.5. The topological polar surface area (TPSA) is 44.7 Å². The molecule has 1 saturated heterocycles. The monoisotopic (exact) mass is 299 g/mol. The van der Waals surface area contributed by atoms with E-state index in [9.17, 15) is 4.79 Å². The molecule has 2 rings (SSSR count). The minimum Gasteiger partial charge on any atom is -0.306 e. The molecule has 6 heteroatoms. The number of piperidine rings is 1. The summed E-state index contributed by atoms with van der Waals surface area (Å²) >= 11 is 11.7. The van der Waals surface area contributed by atoms with Crippen molar-refractivity contribution >= 4 is 34.8 Å². The van der Waals surface area contributed by atoms with Crippen LogP contribution in [0.25, 0.3) is 0 Å². The van der Waals surface area contributed by atoms with Gasteiger partial charge < -0.3 is 4.90 Å². The first-order valence-electron chi connectivity index (χ1n) is 6.05. The Labute approximate surface area is 122 Å². The van der Waals surface area contributed by atoms with Gasteiger partial charge in [-0.3, -0.25) is 4.79 Å². The van der Waals surface area contributed by atoms with Crippen molar-refractivity contribution in [2.45, 2.75) is 12.8 Å². The van der Waals surface area contributed by atoms with Crippen LogP contribution in [-0.4, -0.2) is 36.7 Å². The Kier molecular flexibility index (Phi) is 4.80. The lowest BCUT2D eigenvalue weighted by atomic mass is 10.1. The maximum Gasteiger partial charge on any atom is 0.271 e. The van der Waals surface area contributed by atoms with Crippen molar-refractivity contribution in [2.75, 3.05) is 20.1 Å². The molecule has 1 aliphatic rings. The van der Waals surface area contributed by atoms with Crippen LogP contribution in [0.4, 0.5) is 0 Å². The molecule has 0 spiro atoms. The minimum absolute atomic E-state index is 0.273. The predicted octanol–water partition coefficient (Wildman–Crippen LogP) is 2.80. The van der Waals surface area contributed by atoms with Gasteiger partial charge in [0.25, 0.3) is 5.91 Å². The molecular formula is C13H15Cl2N3O. The molecule has 1 aromatic rings. The Morgan fingerprint density at radius 1 is 1.26 bits per heavy atom. The number of amides is 1. The number of nitrogens with one attached hydrogen (secondary N) is 1. The van der Waals surface area contributed by atoms with Gasteiger partial charge in [0.05, 0.1) is 10.0 Å². The van der Waals surface area contributed by atoms with E-state index in [0.29, 0.717) is 15.6 Å². The summed E-state index contributed by atoms with van der Waals surface area (Å²) in [6.07, 6.45) is 1.77. The lowest BCUT2D eigenvalue weighted by Crippen LogP contribution is -2.32. The Balaban J connectivity index is 1.97. The SMILES string of the molecule is CN1CCC(=NNC(=O)c2ccc(Cl)c(Cl)c2)CC1. The molecular weight excluding hydrogens is 285 g/mol. The third-order valence-corrected chi connectivity index (χ3v) is 3.80. The zero-order valence-electron chi connectivity index (χ0n) is 10.6. The van der Waals surface area contributed by atoms with E-state index >= 15 is 0 Å². The Morgan fingerprint density at radius 3 is 2.58 bits per heavy atom. The molecule has 102 valence electrons. The third-order valence-electron chi connectivity index (χ3n) is 3.06. The molecule has 0 unspecified atom stereocenters. The van der Waals surface area contributed by atoms with Crippen molar-refractivity contribution in [3.63, 3.8) is 0 Å². The van der Waals surface area contributed by atoms with Gasteiger partial charge in [-0.1, -0.05) is 23.2 Å². The fourth-order valence-electron chi connectivity index (χ4n) is 1.82. The first kappa shape index (κ1) is 14.3. The number of carbonyl (C=O) groups excluding carboxylic acids is 1. The Morgan fingerprint density at radius 2 is 1.95 bits per heavy atom. The van der Waals surface area contributed by atoms with Crippen LogP contribution in [0.1, 0.15) is 23.2 Å². The largest absolute Gasteiger partial charge is 0.306 e. The molecule has 0 aliphatic carbocycles. The summed E-state index contributed by atoms with van der Waals surface area (Å²) in [4.78, 5) is 14.1. The summed E-state index contributed by atoms with van der Waals surface area (Å²) in [5.41, 5.74) is 4.03. The number of rotatable bonds is 2. The number of nitrogens with zero attached hydrogens (tertiary/aromatic N) is 2. The van der Waals surface area contributed by atoms with Crippen molar-refractivity contribution in [1.82, 2.24) is 10.3 Å². The second-order valence-corrected chi connectivity index (χ2v) is 5.37. The Bertz CT molecular complexity index is 507. The Hall–Kier alpha value is -1.10. The van der Waals surface area contributed by atoms with Crippen LogP contribution in [0.15, 0.2) is 23.3 Å². The van der Waals surface area contributed by atoms with Gasteiger partial charge in [0.2, 0.25) is 0 Å². The fraction of sp³-hybridized carbons (Fsp3) is 0.385. The van der Waals surface area contributed by atoms with Gasteiger partial charge in [-0.05, 0) is 25.2 Å². The zero-order chi connectivity index (χ0) is 13.8. The average Bonchev–Trinajstić information content (AvgIpc) is 2.41. The average molecular weight is 300 g/mol. The first-order valence-corrected chi connectivity index (χ1v) is 6.81. The van der Waals surface area contributed by atoms with Crippen LogP contribution in [0.2, 0.25) is 10.0 Å². The highest BCUT2D eigenvalue weighted by molar-refractivity contribution is 6.42. The van der Waals surface area contributed by atoms with Gasteiger partial charge >= 0.3 is 0 Å². The molecule has 0 bridgehead atoms. The summed E-state index contributed by atoms with van der Waals surface area (Å²) in [6, 6.07) is 4.76. The van der Waals surface area contributed by atoms with E-state index in [1.807, 2.05) is 0 Å². The molecule has 1 fully saturated rings. The van der Waals surface area contributed by atoms with Crippen molar-refractivity contribution in [3.8, 4) is 0 Å². The van der Waals surface area contributed by atoms with Crippen LogP contribution in [-0.2, 0) is 0 Å². The summed E-state index contributed by atoms with van der Waals surface area (Å²) < 4.78 is 0. The molecule has 1 heterocycles. The van der Waals surface area contributed by atoms with E-state index in [0.717, 1.165) is 31.6 Å². The summed E-state index contributed by atoms with van der Waals surface area (Å²) in [6.45, 7) is 1.95. The van der Waals surface area contributed by atoms with E-state index in [-0.39, 0.29) is 5.91 Å². The van der Waals surface area contributed by atoms with E-state index in [2.05, 4.69) is 22.5 Å². The van der Waals surface area contributed by atoms with Crippen LogP contribution < -0.4 is 5.43 Å². The number of likely N-dealkylation sites (tertiary alicyclic amines) is 1. The maximum absolute atomic E-state index is 11.9. The third kappa shape index (κ3) is 3.93.